The van der Waals surface area contributed by atoms with Gasteiger partial charge < -0.3 is 10.1 Å². The largest absolute Gasteiger partial charge is 0.463 e. The molecule has 0 bridgehead atoms. The summed E-state index contributed by atoms with van der Waals surface area (Å²) in [6.07, 6.45) is 0. The Labute approximate surface area is 222 Å². The van der Waals surface area contributed by atoms with Crippen LogP contribution < -0.4 is 5.32 Å². The molecule has 0 spiro atoms. The average Bonchev–Trinajstić information content (AvgIpc) is 2.87. The highest BCUT2D eigenvalue weighted by molar-refractivity contribution is 7.89. The Bertz CT molecular complexity index is 1300. The van der Waals surface area contributed by atoms with Gasteiger partial charge in [-0.15, -0.1) is 0 Å². The SMILES string of the molecule is CCOC(=O)C1=C(CN2CCN(S(=O)(=O)c3ccc(C)cc3)CC2)N(C)C(=O)NC1c1ccccc1Cl. The van der Waals surface area contributed by atoms with Crippen LogP contribution in [0.5, 0.6) is 0 Å². The highest BCUT2D eigenvalue weighted by Gasteiger charge is 2.39. The third kappa shape index (κ3) is 5.67. The molecule has 11 heteroatoms. The molecule has 0 aliphatic carbocycles. The number of esters is 1. The first-order valence-electron chi connectivity index (χ1n) is 12.1. The Morgan fingerprint density at radius 2 is 1.73 bits per heavy atom. The summed E-state index contributed by atoms with van der Waals surface area (Å²) in [6.45, 7) is 5.56. The molecule has 2 amide bonds. The summed E-state index contributed by atoms with van der Waals surface area (Å²) in [5, 5.41) is 3.29. The minimum Gasteiger partial charge on any atom is -0.463 e. The van der Waals surface area contributed by atoms with E-state index in [-0.39, 0.29) is 24.1 Å². The molecule has 0 saturated carbocycles. The Balaban J connectivity index is 1.59. The predicted octanol–water partition coefficient (Wildman–Crippen LogP) is 3.17. The highest BCUT2D eigenvalue weighted by Crippen LogP contribution is 2.35. The molecule has 0 aromatic heterocycles. The lowest BCUT2D eigenvalue weighted by Crippen LogP contribution is -2.53. The number of carbonyl (C=O) groups excluding carboxylic acids is 2. The first-order valence-corrected chi connectivity index (χ1v) is 13.9. The number of hydrogen-bond donors (Lipinski definition) is 1. The van der Waals surface area contributed by atoms with Crippen molar-refractivity contribution in [2.75, 3.05) is 46.4 Å². The maximum absolute atomic E-state index is 13.2. The highest BCUT2D eigenvalue weighted by atomic mass is 35.5. The van der Waals surface area contributed by atoms with Crippen molar-refractivity contribution >= 4 is 33.6 Å². The lowest BCUT2D eigenvalue weighted by atomic mass is 9.94. The number of piperazine rings is 1. The van der Waals surface area contributed by atoms with E-state index in [1.807, 2.05) is 11.8 Å². The van der Waals surface area contributed by atoms with Crippen molar-refractivity contribution < 1.29 is 22.7 Å². The molecule has 198 valence electrons. The van der Waals surface area contributed by atoms with Gasteiger partial charge >= 0.3 is 12.0 Å². The normalized spacial score (nSPS) is 19.6. The fourth-order valence-corrected chi connectivity index (χ4v) is 6.21. The van der Waals surface area contributed by atoms with Gasteiger partial charge in [0.2, 0.25) is 10.0 Å². The Kier molecular flexibility index (Phi) is 8.23. The second-order valence-corrected chi connectivity index (χ2v) is 11.4. The van der Waals surface area contributed by atoms with Crippen LogP contribution in [0.2, 0.25) is 5.02 Å². The summed E-state index contributed by atoms with van der Waals surface area (Å²) in [7, 11) is -2.00. The van der Waals surface area contributed by atoms with E-state index in [1.54, 1.807) is 62.5 Å². The van der Waals surface area contributed by atoms with Gasteiger partial charge in [0.05, 0.1) is 23.1 Å². The van der Waals surface area contributed by atoms with Crippen LogP contribution in [0.15, 0.2) is 64.7 Å². The van der Waals surface area contributed by atoms with Gasteiger partial charge in [0.1, 0.15) is 0 Å². The molecule has 9 nitrogen and oxygen atoms in total. The topological polar surface area (TPSA) is 99.3 Å². The average molecular weight is 547 g/mol. The van der Waals surface area contributed by atoms with Gasteiger partial charge in [0.15, 0.2) is 0 Å². The number of halogens is 1. The fourth-order valence-electron chi connectivity index (χ4n) is 4.54. The number of aryl methyl sites for hydroxylation is 1. The van der Waals surface area contributed by atoms with Crippen molar-refractivity contribution in [1.82, 2.24) is 19.4 Å². The second kappa shape index (κ2) is 11.2. The number of nitrogens with zero attached hydrogens (tertiary/aromatic N) is 3. The molecule has 0 radical (unpaired) electrons. The summed E-state index contributed by atoms with van der Waals surface area (Å²) in [5.41, 5.74) is 2.40. The molecule has 1 atom stereocenters. The molecular weight excluding hydrogens is 516 g/mol. The molecule has 1 unspecified atom stereocenters. The molecule has 1 fully saturated rings. The lowest BCUT2D eigenvalue weighted by Gasteiger charge is -2.39. The van der Waals surface area contributed by atoms with Crippen LogP contribution >= 0.6 is 11.6 Å². The van der Waals surface area contributed by atoms with Crippen LogP contribution in [-0.4, -0.2) is 80.9 Å². The van der Waals surface area contributed by atoms with Crippen molar-refractivity contribution in [2.24, 2.45) is 0 Å². The van der Waals surface area contributed by atoms with Crippen molar-refractivity contribution in [2.45, 2.75) is 24.8 Å². The quantitative estimate of drug-likeness (QED) is 0.536. The number of urea groups is 1. The van der Waals surface area contributed by atoms with E-state index in [9.17, 15) is 18.0 Å². The van der Waals surface area contributed by atoms with E-state index in [4.69, 9.17) is 16.3 Å². The first kappa shape index (κ1) is 27.1. The van der Waals surface area contributed by atoms with Crippen LogP contribution in [-0.2, 0) is 19.6 Å². The number of carbonyl (C=O) groups is 2. The van der Waals surface area contributed by atoms with E-state index in [0.717, 1.165) is 5.56 Å². The number of benzene rings is 2. The monoisotopic (exact) mass is 546 g/mol. The molecule has 2 aliphatic rings. The number of sulfonamides is 1. The van der Waals surface area contributed by atoms with Crippen LogP contribution in [0, 0.1) is 6.92 Å². The van der Waals surface area contributed by atoms with Gasteiger partial charge in [-0.3, -0.25) is 9.80 Å². The standard InChI is InChI=1S/C26H31ClN4O5S/c1-4-36-25(32)23-22(29(3)26(33)28-24(23)20-7-5-6-8-21(20)27)17-30-13-15-31(16-14-30)37(34,35)19-11-9-18(2)10-12-19/h5-12,24H,4,13-17H2,1-3H3,(H,28,33). The van der Waals surface area contributed by atoms with E-state index >= 15 is 0 Å². The summed E-state index contributed by atoms with van der Waals surface area (Å²) < 4.78 is 33.0. The smallest absolute Gasteiger partial charge is 0.338 e. The number of ether oxygens (including phenoxy) is 1. The number of amides is 2. The molecule has 2 aromatic carbocycles. The summed E-state index contributed by atoms with van der Waals surface area (Å²) in [4.78, 5) is 29.8. The number of rotatable bonds is 7. The molecule has 2 heterocycles. The zero-order chi connectivity index (χ0) is 26.7. The summed E-state index contributed by atoms with van der Waals surface area (Å²) in [6, 6.07) is 12.7. The van der Waals surface area contributed by atoms with Gasteiger partial charge in [-0.05, 0) is 37.6 Å². The molecule has 4 rings (SSSR count). The Morgan fingerprint density at radius 1 is 1.08 bits per heavy atom. The van der Waals surface area contributed by atoms with Crippen LogP contribution in [0.3, 0.4) is 0 Å². The van der Waals surface area contributed by atoms with Crippen molar-refractivity contribution in [3.05, 3.63) is 76.0 Å². The molecule has 1 N–H and O–H groups in total. The van der Waals surface area contributed by atoms with Crippen molar-refractivity contribution in [3.63, 3.8) is 0 Å². The number of hydrogen-bond acceptors (Lipinski definition) is 6. The number of likely N-dealkylation sites (N-methyl/N-ethyl adjacent to an activating group) is 1. The second-order valence-electron chi connectivity index (χ2n) is 9.04. The zero-order valence-corrected chi connectivity index (χ0v) is 22.7. The van der Waals surface area contributed by atoms with Gasteiger partial charge in [0, 0.05) is 50.5 Å². The Morgan fingerprint density at radius 3 is 2.35 bits per heavy atom. The zero-order valence-electron chi connectivity index (χ0n) is 21.1. The predicted molar refractivity (Wildman–Crippen MR) is 141 cm³/mol. The first-order chi connectivity index (χ1) is 17.6. The summed E-state index contributed by atoms with van der Waals surface area (Å²) in [5.74, 6) is -0.533. The molecule has 37 heavy (non-hydrogen) atoms. The number of nitrogens with one attached hydrogen (secondary N) is 1. The molecule has 2 aromatic rings. The van der Waals surface area contributed by atoms with Gasteiger partial charge in [-0.25, -0.2) is 18.0 Å². The minimum atomic E-state index is -3.60. The lowest BCUT2D eigenvalue weighted by molar-refractivity contribution is -0.139. The van der Waals surface area contributed by atoms with Gasteiger partial charge in [0.25, 0.3) is 0 Å². The van der Waals surface area contributed by atoms with Crippen LogP contribution in [0.25, 0.3) is 0 Å². The summed E-state index contributed by atoms with van der Waals surface area (Å²) >= 11 is 6.43. The fraction of sp³-hybridized carbons (Fsp3) is 0.385. The van der Waals surface area contributed by atoms with Gasteiger partial charge in [-0.2, -0.15) is 4.31 Å². The van der Waals surface area contributed by atoms with E-state index in [1.165, 1.54) is 9.21 Å². The van der Waals surface area contributed by atoms with E-state index in [2.05, 4.69) is 5.32 Å². The third-order valence-electron chi connectivity index (χ3n) is 6.65. The third-order valence-corrected chi connectivity index (χ3v) is 8.91. The Hall–Kier alpha value is -2.92. The minimum absolute atomic E-state index is 0.179. The van der Waals surface area contributed by atoms with Crippen molar-refractivity contribution in [1.29, 1.82) is 0 Å². The van der Waals surface area contributed by atoms with Crippen LogP contribution in [0.4, 0.5) is 4.79 Å². The molecule has 1 saturated heterocycles. The molecular formula is C26H31ClN4O5S. The molecule has 2 aliphatic heterocycles. The van der Waals surface area contributed by atoms with E-state index < -0.39 is 22.0 Å². The van der Waals surface area contributed by atoms with Gasteiger partial charge in [-0.1, -0.05) is 47.5 Å². The maximum Gasteiger partial charge on any atom is 0.338 e. The van der Waals surface area contributed by atoms with E-state index in [0.29, 0.717) is 48.0 Å². The maximum atomic E-state index is 13.2. The van der Waals surface area contributed by atoms with Crippen LogP contribution in [0.1, 0.15) is 24.1 Å². The van der Waals surface area contributed by atoms with Crippen molar-refractivity contribution in [3.8, 4) is 0 Å².